The third-order valence-corrected chi connectivity index (χ3v) is 8.05. The number of carbonyl (C=O) groups is 2. The van der Waals surface area contributed by atoms with Gasteiger partial charge < -0.3 is 14.4 Å². The Labute approximate surface area is 222 Å². The zero-order valence-electron chi connectivity index (χ0n) is 21.6. The predicted molar refractivity (Wildman–Crippen MR) is 149 cm³/mol. The Balaban J connectivity index is 1.54. The smallest absolute Gasteiger partial charge is 0.293 e. The van der Waals surface area contributed by atoms with Gasteiger partial charge in [0.25, 0.3) is 11.1 Å². The van der Waals surface area contributed by atoms with Crippen LogP contribution in [0.2, 0.25) is 0 Å². The molecular weight excluding hydrogens is 484 g/mol. The first-order valence-electron chi connectivity index (χ1n) is 12.9. The molecule has 192 valence electrons. The number of amides is 2. The highest BCUT2D eigenvalue weighted by molar-refractivity contribution is 8.18. The van der Waals surface area contributed by atoms with Gasteiger partial charge in [0, 0.05) is 48.6 Å². The molecule has 0 unspecified atom stereocenters. The van der Waals surface area contributed by atoms with E-state index in [1.165, 1.54) is 21.6 Å². The van der Waals surface area contributed by atoms with Gasteiger partial charge in [-0.15, -0.1) is 6.58 Å². The Morgan fingerprint density at radius 1 is 1.08 bits per heavy atom. The van der Waals surface area contributed by atoms with Gasteiger partial charge in [-0.1, -0.05) is 6.08 Å². The molecule has 0 N–H and O–H groups in total. The number of hydrogen-bond donors (Lipinski definition) is 0. The standard InChI is InChI=1S/C30H32N2O4S/c1-5-14-32-29(33)28(37-30(32)34)20-15-19(4)35-22(16-20)18-27-24-11-9-8-10-23(24)25-13-12-21(17-26(25)36-27)31(6-2)7-3/h5,12-13,15-18H,1,6-11,14H2,2-4H3/b27-18+,28-20-. The molecule has 1 aromatic rings. The molecule has 0 atom stereocenters. The number of allylic oxidation sites excluding steroid dienone is 7. The second-order valence-corrected chi connectivity index (χ2v) is 10.3. The number of rotatable bonds is 6. The fourth-order valence-electron chi connectivity index (χ4n) is 5.25. The van der Waals surface area contributed by atoms with Gasteiger partial charge in [-0.25, -0.2) is 0 Å². The predicted octanol–water partition coefficient (Wildman–Crippen LogP) is 7.09. The normalized spacial score (nSPS) is 22.2. The maximum absolute atomic E-state index is 12.9. The second kappa shape index (κ2) is 10.5. The van der Waals surface area contributed by atoms with Crippen molar-refractivity contribution < 1.29 is 19.1 Å². The Hall–Kier alpha value is -3.45. The van der Waals surface area contributed by atoms with Crippen LogP contribution >= 0.6 is 11.8 Å². The topological polar surface area (TPSA) is 59.1 Å². The Morgan fingerprint density at radius 3 is 2.57 bits per heavy atom. The molecule has 1 fully saturated rings. The van der Waals surface area contributed by atoms with Crippen LogP contribution in [0, 0.1) is 0 Å². The number of nitrogens with zero attached hydrogens (tertiary/aromatic N) is 2. The molecule has 7 heteroatoms. The largest absolute Gasteiger partial charge is 0.462 e. The summed E-state index contributed by atoms with van der Waals surface area (Å²) in [6.07, 6.45) is 11.4. The Kier molecular flexibility index (Phi) is 7.15. The maximum atomic E-state index is 12.9. The molecule has 1 aliphatic carbocycles. The van der Waals surface area contributed by atoms with E-state index in [4.69, 9.17) is 9.47 Å². The molecule has 6 nitrogen and oxygen atoms in total. The van der Waals surface area contributed by atoms with Crippen LogP contribution in [-0.4, -0.2) is 35.7 Å². The monoisotopic (exact) mass is 516 g/mol. The highest BCUT2D eigenvalue weighted by atomic mass is 32.2. The van der Waals surface area contributed by atoms with E-state index in [1.807, 2.05) is 19.1 Å². The van der Waals surface area contributed by atoms with E-state index in [2.05, 4.69) is 43.5 Å². The van der Waals surface area contributed by atoms with Gasteiger partial charge in [-0.2, -0.15) is 0 Å². The number of hydrogen-bond acceptors (Lipinski definition) is 6. The minimum absolute atomic E-state index is 0.195. The summed E-state index contributed by atoms with van der Waals surface area (Å²) in [4.78, 5) is 29.2. The number of fused-ring (bicyclic) bond motifs is 2. The van der Waals surface area contributed by atoms with Gasteiger partial charge in [0.05, 0.1) is 4.91 Å². The fourth-order valence-corrected chi connectivity index (χ4v) is 6.13. The summed E-state index contributed by atoms with van der Waals surface area (Å²) in [5, 5.41) is -0.286. The minimum Gasteiger partial charge on any atom is -0.462 e. The van der Waals surface area contributed by atoms with E-state index in [0.717, 1.165) is 67.7 Å². The lowest BCUT2D eigenvalue weighted by Crippen LogP contribution is -2.28. The zero-order valence-corrected chi connectivity index (χ0v) is 22.5. The molecular formula is C30H32N2O4S. The van der Waals surface area contributed by atoms with Gasteiger partial charge in [-0.3, -0.25) is 14.5 Å². The summed E-state index contributed by atoms with van der Waals surface area (Å²) in [5.74, 6) is 2.59. The summed E-state index contributed by atoms with van der Waals surface area (Å²) < 4.78 is 12.6. The van der Waals surface area contributed by atoms with Crippen molar-refractivity contribution >= 4 is 34.2 Å². The van der Waals surface area contributed by atoms with E-state index in [0.29, 0.717) is 22.0 Å². The van der Waals surface area contributed by atoms with Crippen LogP contribution in [0.3, 0.4) is 0 Å². The van der Waals surface area contributed by atoms with E-state index in [1.54, 1.807) is 12.2 Å². The van der Waals surface area contributed by atoms with Crippen molar-refractivity contribution in [2.24, 2.45) is 0 Å². The Morgan fingerprint density at radius 2 is 1.84 bits per heavy atom. The molecule has 0 spiro atoms. The zero-order chi connectivity index (χ0) is 26.1. The minimum atomic E-state index is -0.303. The first-order valence-corrected chi connectivity index (χ1v) is 13.7. The SMILES string of the molecule is C=CCN1C(=O)S/C(=C2/C=C(C)OC(/C=C3/Oc4cc(N(CC)CC)ccc4C4=C3CCCC4)=C2)C1=O. The summed E-state index contributed by atoms with van der Waals surface area (Å²) in [6, 6.07) is 6.52. The molecule has 3 aliphatic heterocycles. The van der Waals surface area contributed by atoms with Gasteiger partial charge in [0.15, 0.2) is 0 Å². The molecule has 5 rings (SSSR count). The fraction of sp³-hybridized carbons (Fsp3) is 0.333. The Bertz CT molecular complexity index is 1330. The molecule has 4 aliphatic rings. The van der Waals surface area contributed by atoms with Crippen LogP contribution in [-0.2, 0) is 9.53 Å². The average Bonchev–Trinajstić information content (AvgIpc) is 3.18. The van der Waals surface area contributed by atoms with Crippen molar-refractivity contribution in [3.63, 3.8) is 0 Å². The van der Waals surface area contributed by atoms with Crippen LogP contribution in [0.25, 0.3) is 5.57 Å². The van der Waals surface area contributed by atoms with E-state index in [-0.39, 0.29) is 17.7 Å². The quantitative estimate of drug-likeness (QED) is 0.297. The lowest BCUT2D eigenvalue weighted by atomic mass is 9.84. The number of carbonyl (C=O) groups excluding carboxylic acids is 2. The second-order valence-electron chi connectivity index (χ2n) is 9.39. The third-order valence-electron chi connectivity index (χ3n) is 7.04. The first-order chi connectivity index (χ1) is 17.9. The summed E-state index contributed by atoms with van der Waals surface area (Å²) in [5.41, 5.74) is 5.56. The van der Waals surface area contributed by atoms with Crippen molar-refractivity contribution in [1.29, 1.82) is 0 Å². The number of benzene rings is 1. The van der Waals surface area contributed by atoms with Crippen LogP contribution in [0.15, 0.2) is 82.4 Å². The van der Waals surface area contributed by atoms with Crippen molar-refractivity contribution in [1.82, 2.24) is 4.90 Å². The average molecular weight is 517 g/mol. The molecule has 2 amide bonds. The first kappa shape index (κ1) is 25.2. The van der Waals surface area contributed by atoms with Crippen LogP contribution in [0.1, 0.15) is 52.0 Å². The lowest BCUT2D eigenvalue weighted by Gasteiger charge is -2.31. The lowest BCUT2D eigenvalue weighted by molar-refractivity contribution is -0.122. The number of imide groups is 1. The number of anilines is 1. The van der Waals surface area contributed by atoms with E-state index in [9.17, 15) is 9.59 Å². The number of thioether (sulfide) groups is 1. The van der Waals surface area contributed by atoms with Crippen molar-refractivity contribution in [3.8, 4) is 5.75 Å². The highest BCUT2D eigenvalue weighted by Crippen LogP contribution is 2.46. The van der Waals surface area contributed by atoms with Gasteiger partial charge in [0.2, 0.25) is 0 Å². The summed E-state index contributed by atoms with van der Waals surface area (Å²) in [6.45, 7) is 11.9. The van der Waals surface area contributed by atoms with Crippen LogP contribution in [0.5, 0.6) is 5.75 Å². The van der Waals surface area contributed by atoms with Gasteiger partial charge in [0.1, 0.15) is 23.0 Å². The number of ether oxygens (including phenoxy) is 2. The third kappa shape index (κ3) is 4.80. The van der Waals surface area contributed by atoms with Gasteiger partial charge in [-0.05, 0) is 93.6 Å². The molecule has 0 aromatic heterocycles. The summed E-state index contributed by atoms with van der Waals surface area (Å²) in [7, 11) is 0. The molecule has 0 saturated carbocycles. The molecule has 37 heavy (non-hydrogen) atoms. The van der Waals surface area contributed by atoms with Gasteiger partial charge >= 0.3 is 0 Å². The molecule has 1 saturated heterocycles. The highest BCUT2D eigenvalue weighted by Gasteiger charge is 2.36. The molecule has 1 aromatic carbocycles. The molecule has 0 radical (unpaired) electrons. The summed E-state index contributed by atoms with van der Waals surface area (Å²) >= 11 is 0.954. The molecule has 3 heterocycles. The molecule has 0 bridgehead atoms. The van der Waals surface area contributed by atoms with Crippen LogP contribution < -0.4 is 9.64 Å². The van der Waals surface area contributed by atoms with Crippen molar-refractivity contribution in [3.05, 3.63) is 88.0 Å². The van der Waals surface area contributed by atoms with Crippen LogP contribution in [0.4, 0.5) is 10.5 Å². The van der Waals surface area contributed by atoms with E-state index < -0.39 is 0 Å². The maximum Gasteiger partial charge on any atom is 0.293 e. The van der Waals surface area contributed by atoms with Crippen molar-refractivity contribution in [2.45, 2.75) is 46.5 Å². The van der Waals surface area contributed by atoms with Crippen molar-refractivity contribution in [2.75, 3.05) is 24.5 Å². The van der Waals surface area contributed by atoms with E-state index >= 15 is 0 Å².